The fraction of sp³-hybridized carbons (Fsp3) is 0.167. The molecule has 0 aromatic heterocycles. The molecule has 0 aliphatic heterocycles. The van der Waals surface area contributed by atoms with Gasteiger partial charge in [-0.3, -0.25) is 9.79 Å². The zero-order chi connectivity index (χ0) is 18.6. The summed E-state index contributed by atoms with van der Waals surface area (Å²) in [6.07, 6.45) is 1.81. The van der Waals surface area contributed by atoms with Crippen LogP contribution in [0.15, 0.2) is 83.9 Å². The van der Waals surface area contributed by atoms with Crippen molar-refractivity contribution in [3.8, 4) is 0 Å². The molecule has 0 N–H and O–H groups in total. The summed E-state index contributed by atoms with van der Waals surface area (Å²) in [4.78, 5) is 17.3. The first-order valence-electron chi connectivity index (χ1n) is 8.78. The van der Waals surface area contributed by atoms with Crippen LogP contribution in [0.1, 0.15) is 47.8 Å². The minimum absolute atomic E-state index is 0.0126. The van der Waals surface area contributed by atoms with Gasteiger partial charge in [0, 0.05) is 17.3 Å². The van der Waals surface area contributed by atoms with Crippen molar-refractivity contribution in [2.45, 2.75) is 26.2 Å². The highest BCUT2D eigenvalue weighted by Gasteiger charge is 2.13. The molecule has 0 aliphatic rings. The second kappa shape index (κ2) is 7.49. The van der Waals surface area contributed by atoms with Crippen molar-refractivity contribution in [1.82, 2.24) is 0 Å². The van der Waals surface area contributed by atoms with Crippen LogP contribution in [-0.4, -0.2) is 12.0 Å². The lowest BCUT2D eigenvalue weighted by Crippen LogP contribution is -2.10. The maximum absolute atomic E-state index is 12.8. The summed E-state index contributed by atoms with van der Waals surface area (Å²) < 4.78 is 0. The van der Waals surface area contributed by atoms with E-state index in [1.807, 2.05) is 60.8 Å². The van der Waals surface area contributed by atoms with Gasteiger partial charge in [-0.25, -0.2) is 0 Å². The predicted octanol–water partition coefficient (Wildman–Crippen LogP) is 5.97. The van der Waals surface area contributed by atoms with Crippen molar-refractivity contribution in [2.24, 2.45) is 4.99 Å². The molecule has 0 saturated carbocycles. The van der Waals surface area contributed by atoms with Gasteiger partial charge in [0.25, 0.3) is 0 Å². The number of benzene rings is 3. The zero-order valence-electron chi connectivity index (χ0n) is 15.4. The van der Waals surface area contributed by atoms with Crippen molar-refractivity contribution >= 4 is 17.7 Å². The molecule has 26 heavy (non-hydrogen) atoms. The third-order valence-electron chi connectivity index (χ3n) is 4.31. The van der Waals surface area contributed by atoms with E-state index in [4.69, 9.17) is 0 Å². The first-order chi connectivity index (χ1) is 12.4. The minimum Gasteiger partial charge on any atom is -0.289 e. The van der Waals surface area contributed by atoms with Crippen LogP contribution in [0.5, 0.6) is 0 Å². The van der Waals surface area contributed by atoms with Gasteiger partial charge in [0.1, 0.15) is 0 Å². The van der Waals surface area contributed by atoms with E-state index in [1.54, 1.807) is 0 Å². The van der Waals surface area contributed by atoms with Gasteiger partial charge in [0.2, 0.25) is 0 Å². The fourth-order valence-electron chi connectivity index (χ4n) is 2.74. The van der Waals surface area contributed by atoms with Gasteiger partial charge in [-0.2, -0.15) is 0 Å². The highest BCUT2D eigenvalue weighted by Crippen LogP contribution is 2.24. The van der Waals surface area contributed by atoms with Gasteiger partial charge in [-0.05, 0) is 28.7 Å². The van der Waals surface area contributed by atoms with Crippen LogP contribution in [0.25, 0.3) is 0 Å². The number of hydrogen-bond donors (Lipinski definition) is 0. The minimum atomic E-state index is -0.0126. The van der Waals surface area contributed by atoms with Crippen molar-refractivity contribution in [3.05, 3.63) is 101 Å². The molecule has 0 heterocycles. The second-order valence-corrected chi connectivity index (χ2v) is 7.34. The van der Waals surface area contributed by atoms with Crippen LogP contribution in [0.4, 0.5) is 5.69 Å². The van der Waals surface area contributed by atoms with Gasteiger partial charge in [-0.15, -0.1) is 0 Å². The molecule has 0 fully saturated rings. The summed E-state index contributed by atoms with van der Waals surface area (Å²) in [5.41, 5.74) is 4.39. The van der Waals surface area contributed by atoms with E-state index in [1.165, 1.54) is 5.56 Å². The Morgan fingerprint density at radius 2 is 1.42 bits per heavy atom. The Balaban J connectivity index is 1.87. The van der Waals surface area contributed by atoms with Gasteiger partial charge in [-0.1, -0.05) is 87.5 Å². The highest BCUT2D eigenvalue weighted by atomic mass is 16.1. The third-order valence-corrected chi connectivity index (χ3v) is 4.31. The monoisotopic (exact) mass is 341 g/mol. The predicted molar refractivity (Wildman–Crippen MR) is 109 cm³/mol. The van der Waals surface area contributed by atoms with Crippen LogP contribution in [0.3, 0.4) is 0 Å². The molecule has 3 aromatic carbocycles. The quantitative estimate of drug-likeness (QED) is 0.425. The standard InChI is InChI=1S/C24H23NO/c1-24(2,3)20-15-13-18(14-16-20)17-25-22-12-8-7-11-21(22)23(26)19-9-5-4-6-10-19/h4-17H,1-3H3. The molecule has 3 rings (SSSR count). The van der Waals surface area contributed by atoms with E-state index >= 15 is 0 Å². The largest absolute Gasteiger partial charge is 0.289 e. The Kier molecular flexibility index (Phi) is 5.13. The normalized spacial score (nSPS) is 11.7. The van der Waals surface area contributed by atoms with Crippen molar-refractivity contribution in [1.29, 1.82) is 0 Å². The number of aliphatic imine (C=N–C) groups is 1. The molecule has 3 aromatic rings. The summed E-state index contributed by atoms with van der Waals surface area (Å²) >= 11 is 0. The molecule has 0 radical (unpaired) electrons. The smallest absolute Gasteiger partial charge is 0.195 e. The topological polar surface area (TPSA) is 29.4 Å². The van der Waals surface area contributed by atoms with Crippen molar-refractivity contribution in [3.63, 3.8) is 0 Å². The van der Waals surface area contributed by atoms with E-state index in [0.29, 0.717) is 16.8 Å². The Morgan fingerprint density at radius 1 is 0.808 bits per heavy atom. The van der Waals surface area contributed by atoms with Crippen molar-refractivity contribution < 1.29 is 4.79 Å². The summed E-state index contributed by atoms with van der Waals surface area (Å²) in [7, 11) is 0. The van der Waals surface area contributed by atoms with Gasteiger partial charge < -0.3 is 0 Å². The number of rotatable bonds is 4. The molecule has 0 amide bonds. The van der Waals surface area contributed by atoms with Gasteiger partial charge in [0.05, 0.1) is 5.69 Å². The number of carbonyl (C=O) groups is 1. The number of hydrogen-bond acceptors (Lipinski definition) is 2. The summed E-state index contributed by atoms with van der Waals surface area (Å²) in [6.45, 7) is 6.59. The summed E-state index contributed by atoms with van der Waals surface area (Å²) in [6, 6.07) is 25.1. The number of ketones is 1. The Labute approximate surface area is 155 Å². The van der Waals surface area contributed by atoms with Crippen LogP contribution in [0, 0.1) is 0 Å². The molecule has 0 saturated heterocycles. The Morgan fingerprint density at radius 3 is 2.08 bits per heavy atom. The molecule has 2 nitrogen and oxygen atoms in total. The number of para-hydroxylation sites is 1. The zero-order valence-corrected chi connectivity index (χ0v) is 15.4. The highest BCUT2D eigenvalue weighted by molar-refractivity contribution is 6.12. The molecule has 0 atom stereocenters. The first-order valence-corrected chi connectivity index (χ1v) is 8.78. The molecule has 0 bridgehead atoms. The maximum Gasteiger partial charge on any atom is 0.195 e. The van der Waals surface area contributed by atoms with E-state index in [0.717, 1.165) is 5.56 Å². The van der Waals surface area contributed by atoms with Crippen molar-refractivity contribution in [2.75, 3.05) is 0 Å². The average molecular weight is 341 g/mol. The molecule has 0 aliphatic carbocycles. The third kappa shape index (κ3) is 4.15. The van der Waals surface area contributed by atoms with Gasteiger partial charge >= 0.3 is 0 Å². The van der Waals surface area contributed by atoms with Crippen LogP contribution in [-0.2, 0) is 5.41 Å². The van der Waals surface area contributed by atoms with E-state index < -0.39 is 0 Å². The summed E-state index contributed by atoms with van der Waals surface area (Å²) in [5.74, 6) is -0.0126. The molecule has 2 heteroatoms. The lowest BCUT2D eigenvalue weighted by molar-refractivity contribution is 0.103. The van der Waals surface area contributed by atoms with E-state index in [2.05, 4.69) is 50.0 Å². The van der Waals surface area contributed by atoms with Gasteiger partial charge in [0.15, 0.2) is 5.78 Å². The lowest BCUT2D eigenvalue weighted by Gasteiger charge is -2.18. The van der Waals surface area contributed by atoms with Crippen LogP contribution < -0.4 is 0 Å². The lowest BCUT2D eigenvalue weighted by atomic mass is 9.87. The maximum atomic E-state index is 12.8. The Hall–Kier alpha value is -3.00. The first kappa shape index (κ1) is 17.8. The number of carbonyl (C=O) groups excluding carboxylic acids is 1. The fourth-order valence-corrected chi connectivity index (χ4v) is 2.74. The van der Waals surface area contributed by atoms with E-state index in [-0.39, 0.29) is 11.2 Å². The molecular weight excluding hydrogens is 318 g/mol. The second-order valence-electron chi connectivity index (χ2n) is 7.34. The molecule has 0 spiro atoms. The number of nitrogens with zero attached hydrogens (tertiary/aromatic N) is 1. The SMILES string of the molecule is CC(C)(C)c1ccc(C=Nc2ccccc2C(=O)c2ccccc2)cc1. The molecular formula is C24H23NO. The average Bonchev–Trinajstić information content (AvgIpc) is 2.66. The Bertz CT molecular complexity index is 916. The van der Waals surface area contributed by atoms with E-state index in [9.17, 15) is 4.79 Å². The van der Waals surface area contributed by atoms with Crippen LogP contribution in [0.2, 0.25) is 0 Å². The van der Waals surface area contributed by atoms with Crippen LogP contribution >= 0.6 is 0 Å². The summed E-state index contributed by atoms with van der Waals surface area (Å²) in [5, 5.41) is 0. The molecule has 130 valence electrons. The molecule has 0 unspecified atom stereocenters.